The molecule has 0 bridgehead atoms. The second-order valence-electron chi connectivity index (χ2n) is 6.58. The molecule has 1 aromatic heterocycles. The lowest BCUT2D eigenvalue weighted by atomic mass is 9.98. The number of aromatic nitrogens is 1. The van der Waals surface area contributed by atoms with Crippen molar-refractivity contribution in [2.45, 2.75) is 63.2 Å². The van der Waals surface area contributed by atoms with E-state index in [9.17, 15) is 0 Å². The molecule has 0 aliphatic heterocycles. The van der Waals surface area contributed by atoms with Gasteiger partial charge in [-0.15, -0.1) is 11.3 Å². The van der Waals surface area contributed by atoms with E-state index in [0.717, 1.165) is 13.1 Å². The number of hydrogen-bond acceptors (Lipinski definition) is 4. The van der Waals surface area contributed by atoms with E-state index in [1.54, 1.807) is 0 Å². The standard InChI is InChI=1S/C15H26N2S2/c1-14(2,3)13-17-10-12(19-13)9-16-11-15(18-4)7-5-6-8-15/h10,16H,5-9,11H2,1-4H3. The van der Waals surface area contributed by atoms with Gasteiger partial charge >= 0.3 is 0 Å². The molecule has 1 aliphatic carbocycles. The van der Waals surface area contributed by atoms with Gasteiger partial charge in [0.1, 0.15) is 0 Å². The molecule has 1 heterocycles. The molecule has 19 heavy (non-hydrogen) atoms. The van der Waals surface area contributed by atoms with Crippen molar-refractivity contribution >= 4 is 23.1 Å². The molecule has 0 spiro atoms. The minimum absolute atomic E-state index is 0.175. The quantitative estimate of drug-likeness (QED) is 0.881. The number of thiazole rings is 1. The van der Waals surface area contributed by atoms with Crippen molar-refractivity contribution in [1.29, 1.82) is 0 Å². The summed E-state index contributed by atoms with van der Waals surface area (Å²) in [6.07, 6.45) is 9.85. The van der Waals surface area contributed by atoms with Gasteiger partial charge in [-0.2, -0.15) is 11.8 Å². The molecular formula is C15H26N2S2. The predicted molar refractivity (Wildman–Crippen MR) is 87.2 cm³/mol. The molecule has 4 heteroatoms. The van der Waals surface area contributed by atoms with E-state index in [-0.39, 0.29) is 5.41 Å². The van der Waals surface area contributed by atoms with E-state index in [1.165, 1.54) is 35.6 Å². The minimum Gasteiger partial charge on any atom is -0.310 e. The zero-order valence-corrected chi connectivity index (χ0v) is 14.2. The molecule has 1 fully saturated rings. The molecular weight excluding hydrogens is 272 g/mol. The van der Waals surface area contributed by atoms with Crippen LogP contribution in [-0.4, -0.2) is 22.5 Å². The Morgan fingerprint density at radius 3 is 2.58 bits per heavy atom. The predicted octanol–water partition coefficient (Wildman–Crippen LogP) is 4.21. The van der Waals surface area contributed by atoms with Crippen LogP contribution in [-0.2, 0) is 12.0 Å². The van der Waals surface area contributed by atoms with Gasteiger partial charge < -0.3 is 5.32 Å². The Hall–Kier alpha value is -0.0600. The Labute approximate surface area is 125 Å². The molecule has 0 amide bonds. The van der Waals surface area contributed by atoms with Crippen LogP contribution in [0.25, 0.3) is 0 Å². The SMILES string of the molecule is CSC1(CNCc2cnc(C(C)(C)C)s2)CCCC1. The lowest BCUT2D eigenvalue weighted by molar-refractivity contribution is 0.535. The largest absolute Gasteiger partial charge is 0.310 e. The number of rotatable bonds is 5. The Bertz CT molecular complexity index is 401. The van der Waals surface area contributed by atoms with Crippen LogP contribution in [0.2, 0.25) is 0 Å². The molecule has 0 aromatic carbocycles. The van der Waals surface area contributed by atoms with Crippen LogP contribution in [0.1, 0.15) is 56.3 Å². The third-order valence-electron chi connectivity index (χ3n) is 3.89. The van der Waals surface area contributed by atoms with E-state index in [1.807, 2.05) is 29.3 Å². The molecule has 1 N–H and O–H groups in total. The average Bonchev–Trinajstić information content (AvgIpc) is 2.97. The Kier molecular flexibility index (Phi) is 4.96. The number of hydrogen-bond donors (Lipinski definition) is 1. The Morgan fingerprint density at radius 1 is 1.37 bits per heavy atom. The fourth-order valence-corrected chi connectivity index (χ4v) is 4.50. The van der Waals surface area contributed by atoms with Crippen molar-refractivity contribution in [3.63, 3.8) is 0 Å². The van der Waals surface area contributed by atoms with E-state index in [2.05, 4.69) is 37.3 Å². The molecule has 0 radical (unpaired) electrons. The molecule has 1 aromatic rings. The van der Waals surface area contributed by atoms with Crippen LogP contribution in [0.4, 0.5) is 0 Å². The lowest BCUT2D eigenvalue weighted by Gasteiger charge is -2.26. The first kappa shape index (κ1) is 15.3. The molecule has 0 unspecified atom stereocenters. The summed E-state index contributed by atoms with van der Waals surface area (Å²) in [4.78, 5) is 5.91. The van der Waals surface area contributed by atoms with Gasteiger partial charge in [0.05, 0.1) is 5.01 Å². The summed E-state index contributed by atoms with van der Waals surface area (Å²) < 4.78 is 0.498. The highest BCUT2D eigenvalue weighted by atomic mass is 32.2. The normalized spacial score (nSPS) is 18.9. The number of thioether (sulfide) groups is 1. The van der Waals surface area contributed by atoms with Crippen LogP contribution < -0.4 is 5.32 Å². The van der Waals surface area contributed by atoms with Crippen molar-refractivity contribution in [1.82, 2.24) is 10.3 Å². The van der Waals surface area contributed by atoms with Crippen LogP contribution in [0.3, 0.4) is 0 Å². The first-order valence-electron chi connectivity index (χ1n) is 7.16. The third-order valence-corrected chi connectivity index (χ3v) is 6.73. The van der Waals surface area contributed by atoms with E-state index >= 15 is 0 Å². The van der Waals surface area contributed by atoms with Gasteiger partial charge in [0.25, 0.3) is 0 Å². The van der Waals surface area contributed by atoms with Crippen molar-refractivity contribution in [2.24, 2.45) is 0 Å². The highest BCUT2D eigenvalue weighted by Crippen LogP contribution is 2.39. The fraction of sp³-hybridized carbons (Fsp3) is 0.800. The Morgan fingerprint density at radius 2 is 2.05 bits per heavy atom. The highest BCUT2D eigenvalue weighted by Gasteiger charge is 2.32. The van der Waals surface area contributed by atoms with Gasteiger partial charge in [0, 0.05) is 34.3 Å². The molecule has 2 rings (SSSR count). The first-order chi connectivity index (χ1) is 8.95. The molecule has 1 saturated carbocycles. The van der Waals surface area contributed by atoms with E-state index in [4.69, 9.17) is 0 Å². The van der Waals surface area contributed by atoms with Gasteiger partial charge in [0.2, 0.25) is 0 Å². The van der Waals surface area contributed by atoms with Gasteiger partial charge in [-0.05, 0) is 19.1 Å². The zero-order chi connectivity index (χ0) is 13.9. The third kappa shape index (κ3) is 3.96. The van der Waals surface area contributed by atoms with E-state index < -0.39 is 0 Å². The van der Waals surface area contributed by atoms with E-state index in [0.29, 0.717) is 4.75 Å². The number of nitrogens with zero attached hydrogens (tertiary/aromatic N) is 1. The van der Waals surface area contributed by atoms with Crippen molar-refractivity contribution in [3.8, 4) is 0 Å². The smallest absolute Gasteiger partial charge is 0.0981 e. The summed E-state index contributed by atoms with van der Waals surface area (Å²) in [7, 11) is 0. The first-order valence-corrected chi connectivity index (χ1v) is 9.20. The highest BCUT2D eigenvalue weighted by molar-refractivity contribution is 8.00. The molecule has 2 nitrogen and oxygen atoms in total. The minimum atomic E-state index is 0.175. The average molecular weight is 299 g/mol. The summed E-state index contributed by atoms with van der Waals surface area (Å²) in [5.74, 6) is 0. The van der Waals surface area contributed by atoms with Gasteiger partial charge in [-0.1, -0.05) is 33.6 Å². The summed E-state index contributed by atoms with van der Waals surface area (Å²) in [5.41, 5.74) is 0.175. The maximum absolute atomic E-state index is 4.55. The molecule has 108 valence electrons. The van der Waals surface area contributed by atoms with Crippen LogP contribution in [0.15, 0.2) is 6.20 Å². The maximum Gasteiger partial charge on any atom is 0.0981 e. The van der Waals surface area contributed by atoms with Crippen LogP contribution in [0, 0.1) is 0 Å². The van der Waals surface area contributed by atoms with Gasteiger partial charge in [-0.25, -0.2) is 4.98 Å². The Balaban J connectivity index is 1.84. The monoisotopic (exact) mass is 298 g/mol. The van der Waals surface area contributed by atoms with Crippen molar-refractivity contribution < 1.29 is 0 Å². The summed E-state index contributed by atoms with van der Waals surface area (Å²) in [5, 5.41) is 4.89. The van der Waals surface area contributed by atoms with Gasteiger partial charge in [-0.3, -0.25) is 0 Å². The second-order valence-corrected chi connectivity index (χ2v) is 8.97. The van der Waals surface area contributed by atoms with Crippen molar-refractivity contribution in [2.75, 3.05) is 12.8 Å². The van der Waals surface area contributed by atoms with Crippen LogP contribution >= 0.6 is 23.1 Å². The van der Waals surface area contributed by atoms with Gasteiger partial charge in [0.15, 0.2) is 0 Å². The molecule has 0 saturated heterocycles. The summed E-state index contributed by atoms with van der Waals surface area (Å²) in [6, 6.07) is 0. The molecule has 1 aliphatic rings. The second kappa shape index (κ2) is 6.15. The lowest BCUT2D eigenvalue weighted by Crippen LogP contribution is -2.34. The molecule has 0 atom stereocenters. The van der Waals surface area contributed by atoms with Crippen molar-refractivity contribution in [3.05, 3.63) is 16.1 Å². The summed E-state index contributed by atoms with van der Waals surface area (Å²) >= 11 is 3.90. The maximum atomic E-state index is 4.55. The van der Waals surface area contributed by atoms with Crippen LogP contribution in [0.5, 0.6) is 0 Å². The summed E-state index contributed by atoms with van der Waals surface area (Å²) in [6.45, 7) is 8.78. The number of nitrogens with one attached hydrogen (secondary N) is 1. The topological polar surface area (TPSA) is 24.9 Å². The zero-order valence-electron chi connectivity index (χ0n) is 12.6. The fourth-order valence-electron chi connectivity index (χ4n) is 2.62.